The summed E-state index contributed by atoms with van der Waals surface area (Å²) in [7, 11) is 0. The van der Waals surface area contributed by atoms with Crippen molar-refractivity contribution in [1.29, 1.82) is 0 Å². The van der Waals surface area contributed by atoms with E-state index in [1.165, 1.54) is 0 Å². The van der Waals surface area contributed by atoms with E-state index in [-0.39, 0.29) is 18.3 Å². The molecule has 9 heteroatoms. The van der Waals surface area contributed by atoms with Crippen molar-refractivity contribution in [2.45, 2.75) is 53.9 Å². The van der Waals surface area contributed by atoms with Crippen LogP contribution in [-0.4, -0.2) is 35.2 Å². The Morgan fingerprint density at radius 3 is 2.68 bits per heavy atom. The van der Waals surface area contributed by atoms with Gasteiger partial charge in [-0.1, -0.05) is 48.5 Å². The van der Waals surface area contributed by atoms with Crippen LogP contribution in [0.5, 0.6) is 5.75 Å². The van der Waals surface area contributed by atoms with Gasteiger partial charge in [0.1, 0.15) is 11.3 Å². The Hall–Kier alpha value is -2.71. The summed E-state index contributed by atoms with van der Waals surface area (Å²) in [6, 6.07) is 11.1. The third-order valence-corrected chi connectivity index (χ3v) is 8.65. The summed E-state index contributed by atoms with van der Waals surface area (Å²) in [6.07, 6.45) is 1.83. The fourth-order valence-electron chi connectivity index (χ4n) is 5.30. The molecule has 1 saturated heterocycles. The fourth-order valence-corrected chi connectivity index (χ4v) is 6.93. The molecule has 1 aliphatic carbocycles. The van der Waals surface area contributed by atoms with E-state index >= 15 is 0 Å². The molecular formula is C25H25ClN2O5S. The van der Waals surface area contributed by atoms with Crippen molar-refractivity contribution in [2.75, 3.05) is 6.61 Å². The van der Waals surface area contributed by atoms with E-state index in [1.807, 2.05) is 43.3 Å². The van der Waals surface area contributed by atoms with Gasteiger partial charge >= 0.3 is 12.0 Å². The minimum Gasteiger partial charge on any atom is -0.492 e. The Kier molecular flexibility index (Phi) is 5.98. The third-order valence-electron chi connectivity index (χ3n) is 7.10. The summed E-state index contributed by atoms with van der Waals surface area (Å²) in [5.74, 6) is -1.60. The molecule has 2 aliphatic heterocycles. The summed E-state index contributed by atoms with van der Waals surface area (Å²) in [5.41, 5.74) is 0.697. The lowest BCUT2D eigenvalue weighted by atomic mass is 9.61. The number of ether oxygens (including phenoxy) is 1. The first-order chi connectivity index (χ1) is 16.3. The molecule has 7 nitrogen and oxygen atoms in total. The number of amides is 3. The minimum atomic E-state index is -1.20. The normalized spacial score (nSPS) is 27.2. The van der Waals surface area contributed by atoms with Gasteiger partial charge in [0.25, 0.3) is 5.91 Å². The number of imide groups is 1. The zero-order valence-corrected chi connectivity index (χ0v) is 20.2. The molecule has 2 unspecified atom stereocenters. The Morgan fingerprint density at radius 1 is 1.24 bits per heavy atom. The summed E-state index contributed by atoms with van der Waals surface area (Å²) in [5, 5.41) is 15.2. The topological polar surface area (TPSA) is 105 Å². The number of hydrogen-bond acceptors (Lipinski definition) is 5. The SMILES string of the molecule is CCCOc1ccc(Cl)c2c1Sc1ccccc1C2CC1(C2CC(C(=O)O)C2)NC(=O)NC1=O. The highest BCUT2D eigenvalue weighted by molar-refractivity contribution is 7.99. The Balaban J connectivity index is 1.60. The summed E-state index contributed by atoms with van der Waals surface area (Å²) < 4.78 is 6.03. The smallest absolute Gasteiger partial charge is 0.322 e. The van der Waals surface area contributed by atoms with E-state index in [0.29, 0.717) is 24.5 Å². The number of hydrogen-bond donors (Lipinski definition) is 3. The van der Waals surface area contributed by atoms with Crippen molar-refractivity contribution in [3.8, 4) is 5.75 Å². The molecule has 3 N–H and O–H groups in total. The largest absolute Gasteiger partial charge is 0.492 e. The highest BCUT2D eigenvalue weighted by atomic mass is 35.5. The average molecular weight is 501 g/mol. The van der Waals surface area contributed by atoms with Gasteiger partial charge in [0.15, 0.2) is 0 Å². The molecule has 0 spiro atoms. The fraction of sp³-hybridized carbons (Fsp3) is 0.400. The van der Waals surface area contributed by atoms with E-state index in [2.05, 4.69) is 10.6 Å². The lowest BCUT2D eigenvalue weighted by Crippen LogP contribution is -2.58. The molecule has 0 bridgehead atoms. The van der Waals surface area contributed by atoms with Crippen molar-refractivity contribution in [2.24, 2.45) is 11.8 Å². The number of carboxylic acid groups (broad SMARTS) is 1. The second-order valence-electron chi connectivity index (χ2n) is 9.12. The molecule has 2 atom stereocenters. The highest BCUT2D eigenvalue weighted by Gasteiger charge is 2.58. The number of urea groups is 1. The van der Waals surface area contributed by atoms with Gasteiger partial charge in [-0.05, 0) is 60.9 Å². The predicted molar refractivity (Wildman–Crippen MR) is 128 cm³/mol. The van der Waals surface area contributed by atoms with Gasteiger partial charge in [-0.25, -0.2) is 4.79 Å². The van der Waals surface area contributed by atoms with Gasteiger partial charge in [0.05, 0.1) is 17.4 Å². The van der Waals surface area contributed by atoms with Crippen LogP contribution in [0.2, 0.25) is 5.02 Å². The predicted octanol–water partition coefficient (Wildman–Crippen LogP) is 4.80. The third kappa shape index (κ3) is 3.73. The van der Waals surface area contributed by atoms with Gasteiger partial charge < -0.3 is 15.2 Å². The number of aliphatic carboxylic acids is 1. The first-order valence-corrected chi connectivity index (χ1v) is 12.6. The van der Waals surface area contributed by atoms with Crippen LogP contribution in [0.3, 0.4) is 0 Å². The van der Waals surface area contributed by atoms with E-state index in [4.69, 9.17) is 16.3 Å². The number of carbonyl (C=O) groups excluding carboxylic acids is 2. The van der Waals surface area contributed by atoms with E-state index in [1.54, 1.807) is 11.8 Å². The molecule has 2 aromatic carbocycles. The number of halogens is 1. The summed E-state index contributed by atoms with van der Waals surface area (Å²) in [4.78, 5) is 38.9. The zero-order valence-electron chi connectivity index (χ0n) is 18.6. The van der Waals surface area contributed by atoms with Crippen molar-refractivity contribution < 1.29 is 24.2 Å². The number of fused-ring (bicyclic) bond motifs is 2. The van der Waals surface area contributed by atoms with Crippen molar-refractivity contribution >= 4 is 41.3 Å². The molecule has 0 radical (unpaired) electrons. The first kappa shape index (κ1) is 23.1. The van der Waals surface area contributed by atoms with Crippen molar-refractivity contribution in [1.82, 2.24) is 10.6 Å². The highest BCUT2D eigenvalue weighted by Crippen LogP contribution is 2.56. The van der Waals surface area contributed by atoms with Crippen LogP contribution in [0.25, 0.3) is 0 Å². The molecule has 34 heavy (non-hydrogen) atoms. The van der Waals surface area contributed by atoms with Crippen LogP contribution < -0.4 is 15.4 Å². The van der Waals surface area contributed by atoms with Gasteiger partial charge in [0, 0.05) is 15.8 Å². The van der Waals surface area contributed by atoms with Crippen LogP contribution >= 0.6 is 23.4 Å². The van der Waals surface area contributed by atoms with Gasteiger partial charge in [-0.3, -0.25) is 14.9 Å². The van der Waals surface area contributed by atoms with Crippen LogP contribution in [-0.2, 0) is 9.59 Å². The van der Waals surface area contributed by atoms with E-state index in [0.717, 1.165) is 33.1 Å². The standard InChI is InChI=1S/C25H25ClN2O5S/c1-2-9-33-18-8-7-17(26)20-16(15-5-3-4-6-19(15)34-21(18)20)12-25(23(31)27-24(32)28-25)14-10-13(11-14)22(29)30/h3-8,13-14,16H,2,9-12H2,1H3,(H,29,30)(H2,27,28,31,32). The molecule has 3 aliphatic rings. The Labute approximate surface area is 206 Å². The number of benzene rings is 2. The van der Waals surface area contributed by atoms with Crippen molar-refractivity contribution in [3.05, 3.63) is 52.5 Å². The van der Waals surface area contributed by atoms with Crippen LogP contribution in [0.15, 0.2) is 46.2 Å². The molecule has 1 saturated carbocycles. The average Bonchev–Trinajstić information content (AvgIpc) is 3.04. The maximum atomic E-state index is 13.2. The molecular weight excluding hydrogens is 476 g/mol. The van der Waals surface area contributed by atoms with Crippen LogP contribution in [0.4, 0.5) is 4.79 Å². The van der Waals surface area contributed by atoms with Gasteiger partial charge in [-0.2, -0.15) is 0 Å². The monoisotopic (exact) mass is 500 g/mol. The molecule has 3 amide bonds. The quantitative estimate of drug-likeness (QED) is 0.471. The van der Waals surface area contributed by atoms with Gasteiger partial charge in [0.2, 0.25) is 0 Å². The molecule has 178 valence electrons. The molecule has 2 fully saturated rings. The maximum absolute atomic E-state index is 13.2. The lowest BCUT2D eigenvalue weighted by molar-refractivity contribution is -0.149. The molecule has 0 aromatic heterocycles. The number of rotatable bonds is 7. The van der Waals surface area contributed by atoms with Gasteiger partial charge in [-0.15, -0.1) is 0 Å². The number of carbonyl (C=O) groups is 3. The number of carboxylic acids is 1. The van der Waals surface area contributed by atoms with Crippen LogP contribution in [0, 0.1) is 11.8 Å². The second-order valence-corrected chi connectivity index (χ2v) is 10.6. The molecule has 5 rings (SSSR count). The minimum absolute atomic E-state index is 0.274. The zero-order chi connectivity index (χ0) is 24.0. The first-order valence-electron chi connectivity index (χ1n) is 11.4. The summed E-state index contributed by atoms with van der Waals surface area (Å²) >= 11 is 8.36. The van der Waals surface area contributed by atoms with Crippen molar-refractivity contribution in [3.63, 3.8) is 0 Å². The Bertz CT molecular complexity index is 1180. The second kappa shape index (κ2) is 8.82. The van der Waals surface area contributed by atoms with E-state index in [9.17, 15) is 19.5 Å². The lowest BCUT2D eigenvalue weighted by Gasteiger charge is -2.45. The summed E-state index contributed by atoms with van der Waals surface area (Å²) in [6.45, 7) is 2.61. The van der Waals surface area contributed by atoms with Crippen LogP contribution in [0.1, 0.15) is 49.7 Å². The number of nitrogens with one attached hydrogen (secondary N) is 2. The maximum Gasteiger partial charge on any atom is 0.322 e. The molecule has 2 heterocycles. The molecule has 2 aromatic rings. The van der Waals surface area contributed by atoms with E-state index < -0.39 is 29.4 Å². The Morgan fingerprint density at radius 2 is 2.00 bits per heavy atom.